The second kappa shape index (κ2) is 19.6. The van der Waals surface area contributed by atoms with Gasteiger partial charge in [0.1, 0.15) is 18.1 Å². The lowest BCUT2D eigenvalue weighted by atomic mass is 9.81. The Morgan fingerprint density at radius 2 is 1.70 bits per heavy atom. The predicted molar refractivity (Wildman–Crippen MR) is 164 cm³/mol. The number of nitrogens with two attached hydrogens (primary N) is 1. The van der Waals surface area contributed by atoms with Crippen LogP contribution in [0.5, 0.6) is 0 Å². The van der Waals surface area contributed by atoms with Crippen molar-refractivity contribution in [2.45, 2.75) is 76.2 Å². The minimum absolute atomic E-state index is 0.0107. The van der Waals surface area contributed by atoms with Crippen LogP contribution in [0, 0.1) is 23.7 Å². The van der Waals surface area contributed by atoms with Crippen LogP contribution < -0.4 is 22.1 Å². The fraction of sp³-hybridized carbons (Fsp3) is 0.733. The van der Waals surface area contributed by atoms with Gasteiger partial charge < -0.3 is 40.8 Å². The van der Waals surface area contributed by atoms with Gasteiger partial charge in [-0.15, -0.1) is 11.6 Å². The van der Waals surface area contributed by atoms with E-state index >= 15 is 0 Å². The highest BCUT2D eigenvalue weighted by molar-refractivity contribution is 6.17. The molecule has 2 heterocycles. The number of anilines is 1. The summed E-state index contributed by atoms with van der Waals surface area (Å²) in [6, 6.07) is 0. The SMILES string of the molecule is Nc1nc(=O)n([C@H]2CC(O)[C@@H](CO)O2)cc1C#CCNC(=O)C1CCC(C(=O)NCCOCCOCCCCCCCl)CC1. The molecule has 1 aromatic heterocycles. The largest absolute Gasteiger partial charge is 0.394 e. The molecule has 0 bridgehead atoms. The van der Waals surface area contributed by atoms with E-state index in [2.05, 4.69) is 27.5 Å². The number of carbonyl (C=O) groups is 2. The first-order chi connectivity index (χ1) is 21.3. The molecular formula is C30H46ClN5O8. The van der Waals surface area contributed by atoms with Crippen LogP contribution in [-0.2, 0) is 23.8 Å². The van der Waals surface area contributed by atoms with Crippen molar-refractivity contribution < 1.29 is 34.0 Å². The van der Waals surface area contributed by atoms with Crippen molar-refractivity contribution >= 4 is 29.2 Å². The van der Waals surface area contributed by atoms with E-state index in [1.54, 1.807) is 0 Å². The average molecular weight is 640 g/mol. The van der Waals surface area contributed by atoms with Crippen molar-refractivity contribution in [3.63, 3.8) is 0 Å². The molecule has 2 amide bonds. The van der Waals surface area contributed by atoms with Crippen molar-refractivity contribution in [2.75, 3.05) is 57.7 Å². The highest BCUT2D eigenvalue weighted by atomic mass is 35.5. The van der Waals surface area contributed by atoms with E-state index in [1.807, 2.05) is 0 Å². The molecule has 0 aromatic carbocycles. The van der Waals surface area contributed by atoms with Gasteiger partial charge in [-0.2, -0.15) is 4.98 Å². The highest BCUT2D eigenvalue weighted by Gasteiger charge is 2.35. The minimum Gasteiger partial charge on any atom is -0.394 e. The third-order valence-corrected chi connectivity index (χ3v) is 8.08. The number of ether oxygens (including phenoxy) is 3. The molecule has 0 radical (unpaired) electrons. The number of carbonyl (C=O) groups excluding carboxylic acids is 2. The van der Waals surface area contributed by atoms with Crippen LogP contribution in [0.25, 0.3) is 0 Å². The van der Waals surface area contributed by atoms with Gasteiger partial charge in [0.15, 0.2) is 0 Å². The molecule has 3 rings (SSSR count). The van der Waals surface area contributed by atoms with E-state index in [9.17, 15) is 24.6 Å². The normalized spacial score (nSPS) is 23.1. The summed E-state index contributed by atoms with van der Waals surface area (Å²) in [5.74, 6) is 5.85. The van der Waals surface area contributed by atoms with E-state index < -0.39 is 24.1 Å². The lowest BCUT2D eigenvalue weighted by molar-refractivity contribution is -0.130. The van der Waals surface area contributed by atoms with Gasteiger partial charge in [-0.3, -0.25) is 14.2 Å². The van der Waals surface area contributed by atoms with Gasteiger partial charge >= 0.3 is 5.69 Å². The quantitative estimate of drug-likeness (QED) is 0.0922. The Morgan fingerprint density at radius 1 is 1.05 bits per heavy atom. The number of hydrogen-bond acceptors (Lipinski definition) is 10. The number of halogens is 1. The number of amides is 2. The molecule has 13 nitrogen and oxygen atoms in total. The molecule has 44 heavy (non-hydrogen) atoms. The number of aliphatic hydroxyl groups is 2. The van der Waals surface area contributed by atoms with Crippen LogP contribution in [0.15, 0.2) is 11.0 Å². The van der Waals surface area contributed by atoms with E-state index in [1.165, 1.54) is 10.8 Å². The first-order valence-electron chi connectivity index (χ1n) is 15.4. The number of nitrogens with zero attached hydrogens (tertiary/aromatic N) is 2. The Morgan fingerprint density at radius 3 is 2.36 bits per heavy atom. The zero-order valence-electron chi connectivity index (χ0n) is 25.2. The fourth-order valence-electron chi connectivity index (χ4n) is 5.23. The molecule has 2 aliphatic rings. The van der Waals surface area contributed by atoms with E-state index in [0.717, 1.165) is 32.3 Å². The third-order valence-electron chi connectivity index (χ3n) is 7.81. The van der Waals surface area contributed by atoms with Gasteiger partial charge in [0, 0.05) is 43.5 Å². The van der Waals surface area contributed by atoms with E-state index in [-0.39, 0.29) is 54.6 Å². The Bertz CT molecular complexity index is 1160. The summed E-state index contributed by atoms with van der Waals surface area (Å²) in [4.78, 5) is 41.2. The maximum atomic E-state index is 12.7. The maximum Gasteiger partial charge on any atom is 0.351 e. The Hall–Kier alpha value is -2.73. The van der Waals surface area contributed by atoms with Crippen molar-refractivity contribution in [2.24, 2.45) is 11.8 Å². The summed E-state index contributed by atoms with van der Waals surface area (Å²) in [6.07, 6.45) is 5.82. The van der Waals surface area contributed by atoms with Gasteiger partial charge in [0.25, 0.3) is 0 Å². The summed E-state index contributed by atoms with van der Waals surface area (Å²) in [5, 5.41) is 25.0. The molecule has 1 unspecified atom stereocenters. The second-order valence-corrected chi connectivity index (χ2v) is 11.4. The second-order valence-electron chi connectivity index (χ2n) is 11.0. The van der Waals surface area contributed by atoms with Crippen LogP contribution in [-0.4, -0.2) is 95.8 Å². The summed E-state index contributed by atoms with van der Waals surface area (Å²) in [5.41, 5.74) is 5.48. The molecule has 1 aromatic rings. The zero-order valence-corrected chi connectivity index (χ0v) is 25.9. The summed E-state index contributed by atoms with van der Waals surface area (Å²) in [6.45, 7) is 2.31. The molecule has 2 fully saturated rings. The molecule has 1 saturated heterocycles. The lowest BCUT2D eigenvalue weighted by Gasteiger charge is -2.26. The van der Waals surface area contributed by atoms with Crippen LogP contribution in [0.2, 0.25) is 0 Å². The van der Waals surface area contributed by atoms with E-state index in [4.69, 9.17) is 31.5 Å². The van der Waals surface area contributed by atoms with Crippen LogP contribution in [0.4, 0.5) is 5.82 Å². The summed E-state index contributed by atoms with van der Waals surface area (Å²) >= 11 is 5.66. The molecule has 1 aliphatic carbocycles. The van der Waals surface area contributed by atoms with Gasteiger partial charge in [0.05, 0.1) is 44.6 Å². The number of nitrogen functional groups attached to an aromatic ring is 1. The number of nitrogens with one attached hydrogen (secondary N) is 2. The number of rotatable bonds is 17. The Kier molecular flexibility index (Phi) is 15.9. The van der Waals surface area contributed by atoms with Crippen molar-refractivity contribution in [1.82, 2.24) is 20.2 Å². The number of alkyl halides is 1. The van der Waals surface area contributed by atoms with Crippen molar-refractivity contribution in [3.05, 3.63) is 22.2 Å². The zero-order chi connectivity index (χ0) is 31.7. The van der Waals surface area contributed by atoms with Gasteiger partial charge in [-0.25, -0.2) is 4.79 Å². The van der Waals surface area contributed by atoms with Gasteiger partial charge in [0.2, 0.25) is 11.8 Å². The smallest absolute Gasteiger partial charge is 0.351 e. The van der Waals surface area contributed by atoms with Crippen LogP contribution in [0.3, 0.4) is 0 Å². The molecule has 0 spiro atoms. The van der Waals surface area contributed by atoms with Crippen molar-refractivity contribution in [1.29, 1.82) is 0 Å². The minimum atomic E-state index is -0.911. The fourth-order valence-corrected chi connectivity index (χ4v) is 5.42. The number of aliphatic hydroxyl groups excluding tert-OH is 2. The van der Waals surface area contributed by atoms with Crippen molar-refractivity contribution in [3.8, 4) is 11.8 Å². The number of aromatic nitrogens is 2. The first-order valence-corrected chi connectivity index (χ1v) is 16.0. The van der Waals surface area contributed by atoms with Gasteiger partial charge in [-0.1, -0.05) is 24.7 Å². The Labute approximate surface area is 263 Å². The molecule has 14 heteroatoms. The monoisotopic (exact) mass is 639 g/mol. The molecular weight excluding hydrogens is 594 g/mol. The maximum absolute atomic E-state index is 12.7. The number of unbranched alkanes of at least 4 members (excludes halogenated alkanes) is 3. The topological polar surface area (TPSA) is 187 Å². The van der Waals surface area contributed by atoms with Gasteiger partial charge in [-0.05, 0) is 38.5 Å². The third kappa shape index (κ3) is 11.6. The molecule has 1 aliphatic heterocycles. The summed E-state index contributed by atoms with van der Waals surface area (Å²) < 4.78 is 17.8. The highest BCUT2D eigenvalue weighted by Crippen LogP contribution is 2.29. The number of hydrogen-bond donors (Lipinski definition) is 5. The molecule has 1 saturated carbocycles. The Balaban J connectivity index is 1.29. The average Bonchev–Trinajstić information content (AvgIpc) is 3.40. The summed E-state index contributed by atoms with van der Waals surface area (Å²) in [7, 11) is 0. The first kappa shape index (κ1) is 35.7. The lowest BCUT2D eigenvalue weighted by Crippen LogP contribution is -2.38. The predicted octanol–water partition coefficient (Wildman–Crippen LogP) is 0.689. The molecule has 3 atom stereocenters. The molecule has 6 N–H and O–H groups in total. The standard InChI is InChI=1S/C30H46ClN5O8/c31-11-3-1-2-4-14-42-16-17-43-15-13-34-29(40)22-9-7-21(8-10-22)28(39)33-12-5-6-23-19-36(30(41)35-27(23)32)26-18-24(38)25(20-37)44-26/h19,21-22,24-26,37-38H,1-4,7-18,20H2,(H,33,39)(H,34,40)(H2,32,35,41)/t21?,22?,24?,25-,26-/m1/s1. The van der Waals surface area contributed by atoms with E-state index in [0.29, 0.717) is 57.9 Å². The van der Waals surface area contributed by atoms with Crippen LogP contribution in [0.1, 0.15) is 69.6 Å². The van der Waals surface area contributed by atoms with Crippen LogP contribution >= 0.6 is 11.6 Å². The molecule has 246 valence electrons.